The van der Waals surface area contributed by atoms with E-state index in [0.717, 1.165) is 0 Å². The topological polar surface area (TPSA) is 54.9 Å². The highest BCUT2D eigenvalue weighted by atomic mass is 19.1. The third-order valence-corrected chi connectivity index (χ3v) is 2.88. The van der Waals surface area contributed by atoms with Crippen molar-refractivity contribution >= 4 is 22.5 Å². The van der Waals surface area contributed by atoms with Gasteiger partial charge >= 0.3 is 0 Å². The van der Waals surface area contributed by atoms with Crippen LogP contribution in [0.2, 0.25) is 0 Å². The van der Waals surface area contributed by atoms with Gasteiger partial charge in [0.1, 0.15) is 17.8 Å². The average molecular weight is 267 g/mol. The molecule has 1 heterocycles. The lowest BCUT2D eigenvalue weighted by Gasteiger charge is -2.07. The molecule has 20 heavy (non-hydrogen) atoms. The largest absolute Gasteiger partial charge is 0.318 e. The number of hydrogen-bond acceptors (Lipinski definition) is 3. The molecular weight excluding hydrogens is 257 g/mol. The van der Waals surface area contributed by atoms with Crippen LogP contribution in [0.1, 0.15) is 10.5 Å². The molecule has 0 aliphatic heterocycles. The van der Waals surface area contributed by atoms with Gasteiger partial charge in [0, 0.05) is 5.39 Å². The summed E-state index contributed by atoms with van der Waals surface area (Å²) in [6.07, 6.45) is 1.32. The normalized spacial score (nSPS) is 10.4. The van der Waals surface area contributed by atoms with Gasteiger partial charge in [-0.3, -0.25) is 4.79 Å². The number of benzene rings is 2. The molecule has 1 N–H and O–H groups in total. The maximum absolute atomic E-state index is 13.5. The minimum Gasteiger partial charge on any atom is -0.318 e. The van der Waals surface area contributed by atoms with Crippen molar-refractivity contribution in [2.75, 3.05) is 5.32 Å². The van der Waals surface area contributed by atoms with E-state index >= 15 is 0 Å². The van der Waals surface area contributed by atoms with Crippen LogP contribution in [0.3, 0.4) is 0 Å². The second kappa shape index (κ2) is 5.05. The van der Waals surface area contributed by atoms with Crippen LogP contribution in [0.25, 0.3) is 10.9 Å². The zero-order valence-electron chi connectivity index (χ0n) is 10.4. The number of aromatic nitrogens is 2. The Kier molecular flexibility index (Phi) is 3.09. The first-order chi connectivity index (χ1) is 9.75. The number of para-hydroxylation sites is 2. The smallest absolute Gasteiger partial charge is 0.275 e. The summed E-state index contributed by atoms with van der Waals surface area (Å²) < 4.78 is 13.5. The summed E-state index contributed by atoms with van der Waals surface area (Å²) in [5, 5.41) is 3.14. The van der Waals surface area contributed by atoms with Crippen molar-refractivity contribution in [1.29, 1.82) is 0 Å². The molecule has 0 unspecified atom stereocenters. The Morgan fingerprint density at radius 3 is 2.60 bits per heavy atom. The lowest BCUT2D eigenvalue weighted by molar-refractivity contribution is 0.102. The summed E-state index contributed by atoms with van der Waals surface area (Å²) in [4.78, 5) is 20.3. The molecule has 4 nitrogen and oxygen atoms in total. The molecule has 2 aromatic carbocycles. The summed E-state index contributed by atoms with van der Waals surface area (Å²) in [5.74, 6) is -0.951. The first-order valence-corrected chi connectivity index (χ1v) is 6.01. The van der Waals surface area contributed by atoms with E-state index in [-0.39, 0.29) is 11.4 Å². The van der Waals surface area contributed by atoms with Crippen molar-refractivity contribution in [3.8, 4) is 0 Å². The summed E-state index contributed by atoms with van der Waals surface area (Å²) >= 11 is 0. The van der Waals surface area contributed by atoms with E-state index in [1.165, 1.54) is 18.5 Å². The molecule has 0 aliphatic rings. The van der Waals surface area contributed by atoms with Gasteiger partial charge in [-0.2, -0.15) is 0 Å². The minimum absolute atomic E-state index is 0.125. The molecule has 0 radical (unpaired) electrons. The zero-order valence-corrected chi connectivity index (χ0v) is 10.4. The number of hydrogen-bond donors (Lipinski definition) is 1. The maximum Gasteiger partial charge on any atom is 0.275 e. The molecule has 0 saturated heterocycles. The average Bonchev–Trinajstić information content (AvgIpc) is 2.49. The predicted molar refractivity (Wildman–Crippen MR) is 73.9 cm³/mol. The SMILES string of the molecule is O=C(Nc1ccccc1F)c1ncnc2ccccc12. The van der Waals surface area contributed by atoms with E-state index in [1.54, 1.807) is 30.3 Å². The van der Waals surface area contributed by atoms with Gasteiger partial charge in [0.15, 0.2) is 0 Å². The summed E-state index contributed by atoms with van der Waals surface area (Å²) in [5.41, 5.74) is 1.01. The number of rotatable bonds is 2. The number of carbonyl (C=O) groups excluding carboxylic acids is 1. The number of nitrogens with zero attached hydrogens (tertiary/aromatic N) is 2. The fourth-order valence-corrected chi connectivity index (χ4v) is 1.93. The highest BCUT2D eigenvalue weighted by Gasteiger charge is 2.13. The van der Waals surface area contributed by atoms with Crippen molar-refractivity contribution in [3.05, 3.63) is 66.4 Å². The van der Waals surface area contributed by atoms with E-state index in [4.69, 9.17) is 0 Å². The van der Waals surface area contributed by atoms with E-state index in [9.17, 15) is 9.18 Å². The van der Waals surface area contributed by atoms with Crippen LogP contribution in [0.4, 0.5) is 10.1 Å². The lowest BCUT2D eigenvalue weighted by Crippen LogP contribution is -2.15. The number of halogens is 1. The molecule has 0 atom stereocenters. The second-order valence-electron chi connectivity index (χ2n) is 4.17. The molecule has 3 aromatic rings. The van der Waals surface area contributed by atoms with Crippen molar-refractivity contribution in [2.45, 2.75) is 0 Å². The minimum atomic E-state index is -0.487. The number of amides is 1. The first kappa shape index (κ1) is 12.2. The quantitative estimate of drug-likeness (QED) is 0.776. The van der Waals surface area contributed by atoms with Crippen LogP contribution in [0.15, 0.2) is 54.9 Å². The molecule has 3 rings (SSSR count). The van der Waals surface area contributed by atoms with Gasteiger partial charge in [0.25, 0.3) is 5.91 Å². The Morgan fingerprint density at radius 2 is 1.75 bits per heavy atom. The van der Waals surface area contributed by atoms with Crippen LogP contribution in [0.5, 0.6) is 0 Å². The third-order valence-electron chi connectivity index (χ3n) is 2.88. The molecule has 98 valence electrons. The van der Waals surface area contributed by atoms with Crippen LogP contribution in [-0.4, -0.2) is 15.9 Å². The van der Waals surface area contributed by atoms with Crippen LogP contribution in [-0.2, 0) is 0 Å². The van der Waals surface area contributed by atoms with Crippen molar-refractivity contribution in [2.24, 2.45) is 0 Å². The molecule has 0 saturated carbocycles. The van der Waals surface area contributed by atoms with Crippen LogP contribution in [0, 0.1) is 5.82 Å². The summed E-state index contributed by atoms with van der Waals surface area (Å²) in [7, 11) is 0. The van der Waals surface area contributed by atoms with E-state index in [2.05, 4.69) is 15.3 Å². The third kappa shape index (κ3) is 2.21. The van der Waals surface area contributed by atoms with Gasteiger partial charge < -0.3 is 5.32 Å². The highest BCUT2D eigenvalue weighted by Crippen LogP contribution is 2.17. The Labute approximate surface area is 114 Å². The van der Waals surface area contributed by atoms with Crippen molar-refractivity contribution < 1.29 is 9.18 Å². The number of fused-ring (bicyclic) bond motifs is 1. The van der Waals surface area contributed by atoms with Gasteiger partial charge in [-0.25, -0.2) is 14.4 Å². The van der Waals surface area contributed by atoms with Gasteiger partial charge in [0.2, 0.25) is 0 Å². The van der Waals surface area contributed by atoms with Gasteiger partial charge in [0.05, 0.1) is 11.2 Å². The maximum atomic E-state index is 13.5. The number of carbonyl (C=O) groups is 1. The highest BCUT2D eigenvalue weighted by molar-refractivity contribution is 6.10. The van der Waals surface area contributed by atoms with Crippen molar-refractivity contribution in [3.63, 3.8) is 0 Å². The Morgan fingerprint density at radius 1 is 1.00 bits per heavy atom. The Bertz CT molecular complexity index is 783. The molecule has 5 heteroatoms. The molecular formula is C15H10FN3O. The van der Waals surface area contributed by atoms with Gasteiger partial charge in [-0.15, -0.1) is 0 Å². The molecule has 0 aliphatic carbocycles. The Hall–Kier alpha value is -2.82. The van der Waals surface area contributed by atoms with Crippen LogP contribution < -0.4 is 5.32 Å². The number of nitrogens with one attached hydrogen (secondary N) is 1. The standard InChI is InChI=1S/C15H10FN3O/c16-11-6-2-4-8-13(11)19-15(20)14-10-5-1-3-7-12(10)17-9-18-14/h1-9H,(H,19,20). The molecule has 0 fully saturated rings. The predicted octanol–water partition coefficient (Wildman–Crippen LogP) is 3.02. The molecule has 1 aromatic heterocycles. The van der Waals surface area contributed by atoms with E-state index < -0.39 is 11.7 Å². The fraction of sp³-hybridized carbons (Fsp3) is 0. The molecule has 1 amide bonds. The van der Waals surface area contributed by atoms with Crippen molar-refractivity contribution in [1.82, 2.24) is 9.97 Å². The fourth-order valence-electron chi connectivity index (χ4n) is 1.93. The molecule has 0 spiro atoms. The van der Waals surface area contributed by atoms with Gasteiger partial charge in [-0.05, 0) is 18.2 Å². The summed E-state index contributed by atoms with van der Waals surface area (Å²) in [6.45, 7) is 0. The first-order valence-electron chi connectivity index (χ1n) is 6.01. The summed E-state index contributed by atoms with van der Waals surface area (Å²) in [6, 6.07) is 13.2. The number of anilines is 1. The Balaban J connectivity index is 1.99. The second-order valence-corrected chi connectivity index (χ2v) is 4.17. The molecule has 0 bridgehead atoms. The lowest BCUT2D eigenvalue weighted by atomic mass is 10.2. The van der Waals surface area contributed by atoms with Crippen LogP contribution >= 0.6 is 0 Å². The van der Waals surface area contributed by atoms with E-state index in [0.29, 0.717) is 10.9 Å². The van der Waals surface area contributed by atoms with E-state index in [1.807, 2.05) is 6.07 Å². The van der Waals surface area contributed by atoms with Gasteiger partial charge in [-0.1, -0.05) is 30.3 Å². The monoisotopic (exact) mass is 267 g/mol. The zero-order chi connectivity index (χ0) is 13.9.